The molecule has 1 aliphatic rings. The summed E-state index contributed by atoms with van der Waals surface area (Å²) < 4.78 is 27.2. The molecule has 0 radical (unpaired) electrons. The molecule has 6 heteroatoms. The van der Waals surface area contributed by atoms with Crippen LogP contribution in [0.2, 0.25) is 0 Å². The molecule has 0 saturated carbocycles. The van der Waals surface area contributed by atoms with Crippen LogP contribution in [0.4, 0.5) is 5.69 Å². The van der Waals surface area contributed by atoms with Gasteiger partial charge in [0.05, 0.1) is 11.4 Å². The third-order valence-corrected chi connectivity index (χ3v) is 7.81. The highest BCUT2D eigenvalue weighted by atomic mass is 32.2. The molecule has 3 rings (SSSR count). The van der Waals surface area contributed by atoms with E-state index in [1.54, 1.807) is 28.6 Å². The van der Waals surface area contributed by atoms with Crippen molar-refractivity contribution in [2.24, 2.45) is 5.92 Å². The maximum Gasteiger partial charge on any atom is 0.243 e. The van der Waals surface area contributed by atoms with E-state index in [1.165, 1.54) is 11.1 Å². The van der Waals surface area contributed by atoms with Crippen molar-refractivity contribution in [1.29, 1.82) is 0 Å². The van der Waals surface area contributed by atoms with Gasteiger partial charge in [0, 0.05) is 24.3 Å². The second-order valence-corrected chi connectivity index (χ2v) is 10.6. The highest BCUT2D eigenvalue weighted by molar-refractivity contribution is 7.89. The summed E-state index contributed by atoms with van der Waals surface area (Å²) in [6.45, 7) is 9.83. The van der Waals surface area contributed by atoms with Crippen LogP contribution in [0.25, 0.3) is 0 Å². The lowest BCUT2D eigenvalue weighted by Gasteiger charge is -2.29. The van der Waals surface area contributed by atoms with E-state index in [-0.39, 0.29) is 17.2 Å². The Labute approximate surface area is 180 Å². The molecular formula is C24H32N2O3S. The molecule has 30 heavy (non-hydrogen) atoms. The van der Waals surface area contributed by atoms with Gasteiger partial charge in [0.1, 0.15) is 0 Å². The fraction of sp³-hybridized carbons (Fsp3) is 0.458. The molecule has 5 nitrogen and oxygen atoms in total. The molecule has 2 aromatic rings. The Morgan fingerprint density at radius 1 is 1.10 bits per heavy atom. The Hall–Kier alpha value is -2.18. The molecule has 0 aliphatic carbocycles. The van der Waals surface area contributed by atoms with E-state index in [0.717, 1.165) is 18.5 Å². The second-order valence-electron chi connectivity index (χ2n) is 8.61. The van der Waals surface area contributed by atoms with Crippen molar-refractivity contribution in [2.45, 2.75) is 51.3 Å². The van der Waals surface area contributed by atoms with E-state index in [4.69, 9.17) is 0 Å². The zero-order valence-corrected chi connectivity index (χ0v) is 19.1. The molecule has 0 aromatic heterocycles. The number of rotatable bonds is 7. The lowest BCUT2D eigenvalue weighted by Crippen LogP contribution is -2.37. The first-order valence-corrected chi connectivity index (χ1v) is 12.1. The molecule has 1 saturated heterocycles. The minimum atomic E-state index is -3.49. The zero-order chi connectivity index (χ0) is 21.9. The second kappa shape index (κ2) is 9.31. The van der Waals surface area contributed by atoms with Gasteiger partial charge in [-0.2, -0.15) is 4.31 Å². The number of carbonyl (C=O) groups is 1. The fourth-order valence-corrected chi connectivity index (χ4v) is 5.37. The Bertz CT molecular complexity index is 990. The lowest BCUT2D eigenvalue weighted by atomic mass is 9.97. The number of hydrogen-bond donors (Lipinski definition) is 1. The highest BCUT2D eigenvalue weighted by Gasteiger charge is 2.28. The van der Waals surface area contributed by atoms with Crippen LogP contribution in [0.1, 0.15) is 61.0 Å². The summed E-state index contributed by atoms with van der Waals surface area (Å²) in [5.41, 5.74) is 3.91. The van der Waals surface area contributed by atoms with Gasteiger partial charge >= 0.3 is 0 Å². The Balaban J connectivity index is 1.63. The summed E-state index contributed by atoms with van der Waals surface area (Å²) in [5, 5.41) is 3.17. The van der Waals surface area contributed by atoms with Crippen LogP contribution >= 0.6 is 0 Å². The van der Waals surface area contributed by atoms with Crippen LogP contribution in [-0.2, 0) is 10.0 Å². The lowest BCUT2D eigenvalue weighted by molar-refractivity contribution is 0.101. The first kappa shape index (κ1) is 22.5. The van der Waals surface area contributed by atoms with Gasteiger partial charge in [-0.05, 0) is 79.1 Å². The van der Waals surface area contributed by atoms with Gasteiger partial charge in [-0.25, -0.2) is 8.42 Å². The van der Waals surface area contributed by atoms with Crippen molar-refractivity contribution < 1.29 is 13.2 Å². The van der Waals surface area contributed by atoms with Crippen LogP contribution < -0.4 is 5.32 Å². The molecular weight excluding hydrogens is 396 g/mol. The molecule has 1 N–H and O–H groups in total. The van der Waals surface area contributed by atoms with Crippen LogP contribution in [0.3, 0.4) is 0 Å². The van der Waals surface area contributed by atoms with Crippen LogP contribution in [0, 0.1) is 12.8 Å². The number of anilines is 1. The van der Waals surface area contributed by atoms with Crippen LogP contribution in [-0.4, -0.2) is 38.1 Å². The largest absolute Gasteiger partial charge is 0.378 e. The minimum Gasteiger partial charge on any atom is -0.378 e. The van der Waals surface area contributed by atoms with Gasteiger partial charge in [-0.3, -0.25) is 4.79 Å². The van der Waals surface area contributed by atoms with Gasteiger partial charge in [0.2, 0.25) is 10.0 Å². The topological polar surface area (TPSA) is 66.5 Å². The number of nitrogens with zero attached hydrogens (tertiary/aromatic N) is 1. The first-order chi connectivity index (χ1) is 14.2. The number of hydrogen-bond acceptors (Lipinski definition) is 4. The van der Waals surface area contributed by atoms with E-state index in [0.29, 0.717) is 30.5 Å². The van der Waals surface area contributed by atoms with E-state index in [2.05, 4.69) is 45.1 Å². The fourth-order valence-electron chi connectivity index (χ4n) is 3.90. The van der Waals surface area contributed by atoms with Crippen molar-refractivity contribution in [1.82, 2.24) is 4.31 Å². The predicted molar refractivity (Wildman–Crippen MR) is 122 cm³/mol. The number of carbonyl (C=O) groups excluding carboxylic acids is 1. The van der Waals surface area contributed by atoms with Crippen molar-refractivity contribution in [3.05, 3.63) is 59.2 Å². The van der Waals surface area contributed by atoms with Crippen molar-refractivity contribution in [2.75, 3.05) is 25.0 Å². The normalized spacial score (nSPS) is 16.0. The number of benzene rings is 2. The van der Waals surface area contributed by atoms with Crippen molar-refractivity contribution in [3.63, 3.8) is 0 Å². The van der Waals surface area contributed by atoms with Gasteiger partial charge in [0.15, 0.2) is 5.78 Å². The van der Waals surface area contributed by atoms with Gasteiger partial charge < -0.3 is 5.32 Å². The number of piperidine rings is 1. The maximum atomic E-state index is 12.8. The maximum absolute atomic E-state index is 12.8. The molecule has 162 valence electrons. The van der Waals surface area contributed by atoms with E-state index >= 15 is 0 Å². The van der Waals surface area contributed by atoms with E-state index in [9.17, 15) is 13.2 Å². The van der Waals surface area contributed by atoms with Crippen molar-refractivity contribution >= 4 is 21.5 Å². The van der Waals surface area contributed by atoms with Gasteiger partial charge in [0.25, 0.3) is 0 Å². The molecule has 1 heterocycles. The predicted octanol–water partition coefficient (Wildman–Crippen LogP) is 4.83. The Morgan fingerprint density at radius 3 is 2.30 bits per heavy atom. The molecule has 0 bridgehead atoms. The summed E-state index contributed by atoms with van der Waals surface area (Å²) in [6.07, 6.45) is 1.78. The Kier molecular flexibility index (Phi) is 6.98. The summed E-state index contributed by atoms with van der Waals surface area (Å²) in [5.74, 6) is 0.953. The molecule has 0 spiro atoms. The molecule has 0 amide bonds. The zero-order valence-electron chi connectivity index (χ0n) is 18.3. The summed E-state index contributed by atoms with van der Waals surface area (Å²) >= 11 is 0. The van der Waals surface area contributed by atoms with E-state index in [1.807, 2.05) is 6.07 Å². The average Bonchev–Trinajstić information content (AvgIpc) is 2.72. The quantitative estimate of drug-likeness (QED) is 0.641. The number of Topliss-reactive ketones (excluding diaryl/α,β-unsaturated/α-hetero) is 1. The van der Waals surface area contributed by atoms with Crippen LogP contribution in [0.5, 0.6) is 0 Å². The highest BCUT2D eigenvalue weighted by Crippen LogP contribution is 2.24. The smallest absolute Gasteiger partial charge is 0.243 e. The van der Waals surface area contributed by atoms with Gasteiger partial charge in [-0.15, -0.1) is 0 Å². The van der Waals surface area contributed by atoms with Crippen LogP contribution in [0.15, 0.2) is 47.4 Å². The molecule has 2 aromatic carbocycles. The third-order valence-electron chi connectivity index (χ3n) is 5.90. The Morgan fingerprint density at radius 2 is 1.73 bits per heavy atom. The number of sulfonamides is 1. The van der Waals surface area contributed by atoms with Gasteiger partial charge in [-0.1, -0.05) is 26.8 Å². The molecule has 0 unspecified atom stereocenters. The number of ketones is 1. The number of nitrogens with one attached hydrogen (secondary N) is 1. The SMILES string of the molecule is Cc1cc(NCC(=O)c2ccc(S(=O)(=O)N3CCC(C)CC3)cc2)ccc1C(C)C. The molecule has 1 aliphatic heterocycles. The average molecular weight is 429 g/mol. The number of aryl methyl sites for hydroxylation is 1. The molecule has 0 atom stereocenters. The standard InChI is InChI=1S/C24H32N2O3S/c1-17(2)23-10-7-21(15-19(23)4)25-16-24(27)20-5-8-22(9-6-20)30(28,29)26-13-11-18(3)12-14-26/h5-10,15,17-18,25H,11-14,16H2,1-4H3. The monoisotopic (exact) mass is 428 g/mol. The minimum absolute atomic E-state index is 0.0728. The first-order valence-electron chi connectivity index (χ1n) is 10.7. The van der Waals surface area contributed by atoms with Crippen molar-refractivity contribution in [3.8, 4) is 0 Å². The summed E-state index contributed by atoms with van der Waals surface area (Å²) in [4.78, 5) is 12.8. The molecule has 1 fully saturated rings. The third kappa shape index (κ3) is 5.10. The van der Waals surface area contributed by atoms with E-state index < -0.39 is 10.0 Å². The summed E-state index contributed by atoms with van der Waals surface area (Å²) in [7, 11) is -3.49. The summed E-state index contributed by atoms with van der Waals surface area (Å²) in [6, 6.07) is 12.4.